The van der Waals surface area contributed by atoms with E-state index in [1.54, 1.807) is 12.3 Å². The Bertz CT molecular complexity index is 583. The van der Waals surface area contributed by atoms with Gasteiger partial charge in [0, 0.05) is 31.5 Å². The molecule has 0 saturated heterocycles. The molecule has 1 fully saturated rings. The summed E-state index contributed by atoms with van der Waals surface area (Å²) < 4.78 is 12.3. The molecule has 1 aliphatic carbocycles. The molecule has 1 saturated carbocycles. The Hall–Kier alpha value is -0.940. The highest BCUT2D eigenvalue weighted by atomic mass is 31.2. The molecule has 0 spiro atoms. The van der Waals surface area contributed by atoms with E-state index in [9.17, 15) is 19.4 Å². The number of nitrogens with one attached hydrogen (secondary N) is 2. The van der Waals surface area contributed by atoms with Gasteiger partial charge in [0.2, 0.25) is 12.9 Å². The lowest BCUT2D eigenvalue weighted by Crippen LogP contribution is -2.30. The van der Waals surface area contributed by atoms with E-state index < -0.39 is 13.5 Å². The molecular weight excluding hydrogens is 315 g/mol. The summed E-state index contributed by atoms with van der Waals surface area (Å²) >= 11 is 0. The first-order chi connectivity index (χ1) is 10.9. The molecule has 130 valence electrons. The van der Waals surface area contributed by atoms with Gasteiger partial charge in [-0.3, -0.25) is 9.36 Å². The van der Waals surface area contributed by atoms with E-state index in [2.05, 4.69) is 10.3 Å². The van der Waals surface area contributed by atoms with Crippen LogP contribution < -0.4 is 10.9 Å². The minimum atomic E-state index is -3.28. The quantitative estimate of drug-likeness (QED) is 0.538. The van der Waals surface area contributed by atoms with Gasteiger partial charge in [0.25, 0.3) is 0 Å². The molecule has 2 rings (SSSR count). The van der Waals surface area contributed by atoms with Crippen LogP contribution in [-0.2, 0) is 11.1 Å². The zero-order chi connectivity index (χ0) is 16.7. The monoisotopic (exact) mass is 342 g/mol. The Morgan fingerprint density at radius 1 is 1.35 bits per heavy atom. The average Bonchev–Trinajstić information content (AvgIpc) is 2.47. The van der Waals surface area contributed by atoms with E-state index in [4.69, 9.17) is 0 Å². The highest BCUT2D eigenvalue weighted by molar-refractivity contribution is 7.58. The van der Waals surface area contributed by atoms with E-state index in [1.165, 1.54) is 12.5 Å². The van der Waals surface area contributed by atoms with Gasteiger partial charge in [0.15, 0.2) is 0 Å². The van der Waals surface area contributed by atoms with Gasteiger partial charge in [-0.2, -0.15) is 0 Å². The van der Waals surface area contributed by atoms with Crippen molar-refractivity contribution >= 4 is 7.37 Å². The van der Waals surface area contributed by atoms with Crippen LogP contribution in [0.4, 0.5) is 0 Å². The summed E-state index contributed by atoms with van der Waals surface area (Å²) in [6.07, 6.45) is 6.56. The summed E-state index contributed by atoms with van der Waals surface area (Å²) in [5.41, 5.74) is 0.646. The predicted octanol–water partition coefficient (Wildman–Crippen LogP) is 1.68. The topological polar surface area (TPSA) is 102 Å². The van der Waals surface area contributed by atoms with Gasteiger partial charge in [0.05, 0.1) is 12.3 Å². The standard InChI is InChI=1S/C16H27N2O4P/c19-15(10-17-9-14-6-7-18-16(20)8-14)12-23(21,22)11-13-4-2-1-3-5-13/h6-8,13,15,17,19H,1-5,9-12H2,(H,18,20)(H,21,22). The molecule has 0 aliphatic heterocycles. The third-order valence-electron chi connectivity index (χ3n) is 4.31. The highest BCUT2D eigenvalue weighted by Crippen LogP contribution is 2.45. The van der Waals surface area contributed by atoms with Crippen LogP contribution in [0.5, 0.6) is 0 Å². The van der Waals surface area contributed by atoms with E-state index in [-0.39, 0.29) is 18.3 Å². The van der Waals surface area contributed by atoms with Crippen LogP contribution in [0.1, 0.15) is 37.7 Å². The van der Waals surface area contributed by atoms with Crippen molar-refractivity contribution in [2.24, 2.45) is 5.92 Å². The third kappa shape index (κ3) is 7.00. The average molecular weight is 342 g/mol. The van der Waals surface area contributed by atoms with Crippen molar-refractivity contribution in [1.82, 2.24) is 10.3 Å². The summed E-state index contributed by atoms with van der Waals surface area (Å²) in [6, 6.07) is 3.26. The molecule has 0 radical (unpaired) electrons. The molecular formula is C16H27N2O4P. The molecule has 0 amide bonds. The molecule has 6 nitrogen and oxygen atoms in total. The molecule has 0 aromatic carbocycles. The normalized spacial score (nSPS) is 20.1. The van der Waals surface area contributed by atoms with Crippen molar-refractivity contribution in [3.05, 3.63) is 34.2 Å². The Morgan fingerprint density at radius 3 is 2.78 bits per heavy atom. The van der Waals surface area contributed by atoms with E-state index in [1.807, 2.05) is 0 Å². The lowest BCUT2D eigenvalue weighted by atomic mass is 9.91. The minimum absolute atomic E-state index is 0.0636. The maximum Gasteiger partial charge on any atom is 0.248 e. The lowest BCUT2D eigenvalue weighted by molar-refractivity contribution is 0.189. The summed E-state index contributed by atoms with van der Waals surface area (Å²) in [7, 11) is -3.28. The number of hydrogen-bond acceptors (Lipinski definition) is 4. The molecule has 7 heteroatoms. The first-order valence-electron chi connectivity index (χ1n) is 8.32. The molecule has 2 unspecified atom stereocenters. The zero-order valence-electron chi connectivity index (χ0n) is 13.4. The van der Waals surface area contributed by atoms with Gasteiger partial charge in [-0.25, -0.2) is 0 Å². The number of aromatic amines is 1. The van der Waals surface area contributed by atoms with Gasteiger partial charge >= 0.3 is 0 Å². The van der Waals surface area contributed by atoms with Crippen LogP contribution in [0.3, 0.4) is 0 Å². The molecule has 0 bridgehead atoms. The number of H-pyrrole nitrogens is 1. The largest absolute Gasteiger partial charge is 0.391 e. The Balaban J connectivity index is 1.71. The minimum Gasteiger partial charge on any atom is -0.391 e. The van der Waals surface area contributed by atoms with Gasteiger partial charge in [-0.15, -0.1) is 0 Å². The first kappa shape index (κ1) is 18.4. The third-order valence-corrected chi connectivity index (χ3v) is 6.39. The van der Waals surface area contributed by atoms with E-state index in [0.29, 0.717) is 18.6 Å². The van der Waals surface area contributed by atoms with Gasteiger partial charge in [-0.05, 0) is 30.4 Å². The molecule has 23 heavy (non-hydrogen) atoms. The van der Waals surface area contributed by atoms with Crippen LogP contribution in [0.25, 0.3) is 0 Å². The number of aliphatic hydroxyl groups is 1. The van der Waals surface area contributed by atoms with Crippen molar-refractivity contribution in [1.29, 1.82) is 0 Å². The van der Waals surface area contributed by atoms with Crippen molar-refractivity contribution in [2.75, 3.05) is 18.9 Å². The highest BCUT2D eigenvalue weighted by Gasteiger charge is 2.27. The lowest BCUT2D eigenvalue weighted by Gasteiger charge is -2.25. The van der Waals surface area contributed by atoms with Crippen LogP contribution in [0, 0.1) is 5.92 Å². The Labute approximate surface area is 136 Å². The van der Waals surface area contributed by atoms with Crippen LogP contribution in [-0.4, -0.2) is 40.0 Å². The van der Waals surface area contributed by atoms with Gasteiger partial charge in [-0.1, -0.05) is 19.3 Å². The molecule has 4 N–H and O–H groups in total. The number of hydrogen-bond donors (Lipinski definition) is 4. The molecule has 1 aliphatic rings. The van der Waals surface area contributed by atoms with Crippen LogP contribution in [0.15, 0.2) is 23.1 Å². The van der Waals surface area contributed by atoms with E-state index >= 15 is 0 Å². The second-order valence-corrected chi connectivity index (χ2v) is 8.98. The van der Waals surface area contributed by atoms with Crippen LogP contribution in [0.2, 0.25) is 0 Å². The van der Waals surface area contributed by atoms with Crippen molar-refractivity contribution in [3.63, 3.8) is 0 Å². The number of pyridine rings is 1. The fourth-order valence-corrected chi connectivity index (χ4v) is 5.33. The fourth-order valence-electron chi connectivity index (χ4n) is 3.22. The van der Waals surface area contributed by atoms with Crippen molar-refractivity contribution in [3.8, 4) is 0 Å². The van der Waals surface area contributed by atoms with Crippen molar-refractivity contribution < 1.29 is 14.6 Å². The summed E-state index contributed by atoms with van der Waals surface area (Å²) in [6.45, 7) is 0.682. The van der Waals surface area contributed by atoms with E-state index in [0.717, 1.165) is 31.2 Å². The SMILES string of the molecule is O=c1cc(CNCC(O)CP(=O)(O)CC2CCCCC2)cc[nH]1. The zero-order valence-corrected chi connectivity index (χ0v) is 14.3. The number of aromatic nitrogens is 1. The second kappa shape index (κ2) is 8.78. The summed E-state index contributed by atoms with van der Waals surface area (Å²) in [5, 5.41) is 13.0. The van der Waals surface area contributed by atoms with Crippen molar-refractivity contribution in [2.45, 2.75) is 44.8 Å². The smallest absolute Gasteiger partial charge is 0.248 e. The molecule has 1 aromatic heterocycles. The summed E-state index contributed by atoms with van der Waals surface area (Å²) in [4.78, 5) is 23.8. The maximum atomic E-state index is 12.3. The molecule has 1 heterocycles. The first-order valence-corrected chi connectivity index (χ1v) is 10.3. The predicted molar refractivity (Wildman–Crippen MR) is 90.9 cm³/mol. The maximum absolute atomic E-state index is 12.3. The second-order valence-electron chi connectivity index (χ2n) is 6.56. The number of aliphatic hydroxyl groups excluding tert-OH is 1. The number of rotatable bonds is 8. The van der Waals surface area contributed by atoms with Gasteiger partial charge in [0.1, 0.15) is 0 Å². The fraction of sp³-hybridized carbons (Fsp3) is 0.688. The van der Waals surface area contributed by atoms with Crippen LogP contribution >= 0.6 is 7.37 Å². The Morgan fingerprint density at radius 2 is 2.09 bits per heavy atom. The molecule has 1 aromatic rings. The summed E-state index contributed by atoms with van der Waals surface area (Å²) in [5.74, 6) is 0.329. The van der Waals surface area contributed by atoms with Gasteiger partial charge < -0.3 is 20.3 Å². The molecule has 2 atom stereocenters. The Kier molecular flexibility index (Phi) is 7.03.